The highest BCUT2D eigenvalue weighted by atomic mass is 32.2. The van der Waals surface area contributed by atoms with Gasteiger partial charge < -0.3 is 5.32 Å². The zero-order valence-corrected chi connectivity index (χ0v) is 20.2. The van der Waals surface area contributed by atoms with Crippen LogP contribution in [0, 0.1) is 0 Å². The Labute approximate surface area is 197 Å². The summed E-state index contributed by atoms with van der Waals surface area (Å²) < 4.78 is 24.8. The van der Waals surface area contributed by atoms with Crippen LogP contribution in [0.5, 0.6) is 0 Å². The lowest BCUT2D eigenvalue weighted by molar-refractivity contribution is 0.0951. The number of hydrogen-bond donors (Lipinski definition) is 1. The molecule has 0 saturated carbocycles. The molecule has 1 N–H and O–H groups in total. The van der Waals surface area contributed by atoms with E-state index in [1.54, 1.807) is 0 Å². The van der Waals surface area contributed by atoms with Gasteiger partial charge in [-0.1, -0.05) is 36.4 Å². The zero-order chi connectivity index (χ0) is 23.3. The molecule has 0 bridgehead atoms. The van der Waals surface area contributed by atoms with Gasteiger partial charge in [-0.2, -0.15) is 4.31 Å². The molecule has 178 valence electrons. The first-order valence-corrected chi connectivity index (χ1v) is 13.6. The molecule has 2 aromatic carbocycles. The fraction of sp³-hybridized carbons (Fsp3) is 0.480. The highest BCUT2D eigenvalue weighted by Gasteiger charge is 2.23. The van der Waals surface area contributed by atoms with E-state index in [2.05, 4.69) is 39.4 Å². The molecular weight excluding hydrogens is 436 g/mol. The van der Waals surface area contributed by atoms with E-state index in [4.69, 9.17) is 0 Å². The Balaban J connectivity index is 1.25. The third-order valence-electron chi connectivity index (χ3n) is 6.47. The van der Waals surface area contributed by atoms with E-state index < -0.39 is 10.0 Å². The third-order valence-corrected chi connectivity index (χ3v) is 7.78. The molecule has 0 spiro atoms. The van der Waals surface area contributed by atoms with Gasteiger partial charge in [0.05, 0.1) is 6.26 Å². The first kappa shape index (κ1) is 23.9. The van der Waals surface area contributed by atoms with E-state index in [0.717, 1.165) is 24.2 Å². The van der Waals surface area contributed by atoms with E-state index in [0.29, 0.717) is 38.3 Å². The van der Waals surface area contributed by atoms with Gasteiger partial charge in [-0.05, 0) is 54.8 Å². The molecule has 0 unspecified atom stereocenters. The quantitative estimate of drug-likeness (QED) is 0.641. The number of carbonyl (C=O) groups excluding carboxylic acids is 1. The van der Waals surface area contributed by atoms with Crippen LogP contribution in [0.4, 0.5) is 0 Å². The average molecular weight is 471 g/mol. The van der Waals surface area contributed by atoms with Crippen LogP contribution in [-0.2, 0) is 29.7 Å². The minimum Gasteiger partial charge on any atom is -0.348 e. The number of amides is 1. The van der Waals surface area contributed by atoms with Crippen LogP contribution < -0.4 is 5.32 Å². The van der Waals surface area contributed by atoms with E-state index in [-0.39, 0.29) is 5.91 Å². The Hall–Kier alpha value is -2.26. The number of nitrogens with one attached hydrogen (secondary N) is 1. The molecule has 33 heavy (non-hydrogen) atoms. The number of piperazine rings is 1. The lowest BCUT2D eigenvalue weighted by Crippen LogP contribution is -2.47. The number of benzene rings is 2. The molecule has 4 rings (SSSR count). The molecule has 2 aliphatic rings. The van der Waals surface area contributed by atoms with Crippen molar-refractivity contribution in [1.82, 2.24) is 19.4 Å². The molecule has 2 aromatic rings. The highest BCUT2D eigenvalue weighted by Crippen LogP contribution is 2.15. The summed E-state index contributed by atoms with van der Waals surface area (Å²) in [6, 6.07) is 16.2. The van der Waals surface area contributed by atoms with Gasteiger partial charge in [0.2, 0.25) is 10.0 Å². The lowest BCUT2D eigenvalue weighted by atomic mass is 10.1. The molecular formula is C25H34N4O3S. The number of carbonyl (C=O) groups is 1. The highest BCUT2D eigenvalue weighted by molar-refractivity contribution is 7.88. The monoisotopic (exact) mass is 470 g/mol. The van der Waals surface area contributed by atoms with Crippen molar-refractivity contribution in [3.8, 4) is 0 Å². The third kappa shape index (κ3) is 6.86. The van der Waals surface area contributed by atoms with Crippen LogP contribution in [0.15, 0.2) is 48.5 Å². The summed E-state index contributed by atoms with van der Waals surface area (Å²) in [7, 11) is -3.11. The Morgan fingerprint density at radius 1 is 0.818 bits per heavy atom. The standard InChI is InChI=1S/C25H34N4O3S/c1-33(31,32)29-15-13-28(14-16-29)19-21-7-9-24(10-8-21)25(30)26-18-22-5-4-6-23(17-22)20-27-11-2-3-12-27/h4-10,17H,2-3,11-16,18-20H2,1H3,(H,26,30). The van der Waals surface area contributed by atoms with E-state index in [9.17, 15) is 13.2 Å². The molecule has 0 aliphatic carbocycles. The first-order valence-electron chi connectivity index (χ1n) is 11.7. The number of sulfonamides is 1. The van der Waals surface area contributed by atoms with Gasteiger partial charge in [-0.25, -0.2) is 8.42 Å². The van der Waals surface area contributed by atoms with E-state index in [1.807, 2.05) is 24.3 Å². The first-order chi connectivity index (χ1) is 15.9. The lowest BCUT2D eigenvalue weighted by Gasteiger charge is -2.33. The van der Waals surface area contributed by atoms with Crippen LogP contribution in [0.1, 0.15) is 39.9 Å². The summed E-state index contributed by atoms with van der Waals surface area (Å²) in [6.07, 6.45) is 3.83. The van der Waals surface area contributed by atoms with Gasteiger partial charge in [0.1, 0.15) is 0 Å². The molecule has 2 aliphatic heterocycles. The molecule has 7 nitrogen and oxygen atoms in total. The summed E-state index contributed by atoms with van der Waals surface area (Å²) in [6.45, 7) is 7.08. The van der Waals surface area contributed by atoms with Crippen molar-refractivity contribution in [3.05, 3.63) is 70.8 Å². The summed E-state index contributed by atoms with van der Waals surface area (Å²) in [5, 5.41) is 3.03. The minimum atomic E-state index is -3.11. The molecule has 8 heteroatoms. The SMILES string of the molecule is CS(=O)(=O)N1CCN(Cc2ccc(C(=O)NCc3cccc(CN4CCCC4)c3)cc2)CC1. The predicted molar refractivity (Wildman–Crippen MR) is 130 cm³/mol. The van der Waals surface area contributed by atoms with Gasteiger partial charge in [0, 0.05) is 51.4 Å². The molecule has 0 radical (unpaired) electrons. The van der Waals surface area contributed by atoms with E-state index in [1.165, 1.54) is 42.1 Å². The molecule has 2 heterocycles. The van der Waals surface area contributed by atoms with Gasteiger partial charge in [-0.3, -0.25) is 14.6 Å². The van der Waals surface area contributed by atoms with Crippen LogP contribution in [0.25, 0.3) is 0 Å². The van der Waals surface area contributed by atoms with Gasteiger partial charge in [-0.15, -0.1) is 0 Å². The van der Waals surface area contributed by atoms with Crippen molar-refractivity contribution < 1.29 is 13.2 Å². The van der Waals surface area contributed by atoms with Gasteiger partial charge >= 0.3 is 0 Å². The average Bonchev–Trinajstić information content (AvgIpc) is 3.31. The fourth-order valence-corrected chi connectivity index (χ4v) is 5.39. The smallest absolute Gasteiger partial charge is 0.251 e. The van der Waals surface area contributed by atoms with E-state index >= 15 is 0 Å². The maximum absolute atomic E-state index is 12.6. The summed E-state index contributed by atoms with van der Waals surface area (Å²) >= 11 is 0. The topological polar surface area (TPSA) is 73.0 Å². The molecule has 2 fully saturated rings. The second kappa shape index (κ2) is 10.8. The van der Waals surface area contributed by atoms with Crippen LogP contribution in [-0.4, -0.2) is 74.0 Å². The molecule has 0 atom stereocenters. The number of likely N-dealkylation sites (tertiary alicyclic amines) is 1. The Morgan fingerprint density at radius 3 is 2.09 bits per heavy atom. The number of hydrogen-bond acceptors (Lipinski definition) is 5. The Morgan fingerprint density at radius 2 is 1.42 bits per heavy atom. The fourth-order valence-electron chi connectivity index (χ4n) is 4.56. The van der Waals surface area contributed by atoms with Crippen LogP contribution in [0.2, 0.25) is 0 Å². The van der Waals surface area contributed by atoms with Crippen molar-refractivity contribution in [1.29, 1.82) is 0 Å². The maximum atomic E-state index is 12.6. The van der Waals surface area contributed by atoms with Gasteiger partial charge in [0.25, 0.3) is 5.91 Å². The van der Waals surface area contributed by atoms with Crippen molar-refractivity contribution in [2.45, 2.75) is 32.5 Å². The number of rotatable bonds is 8. The molecule has 1 amide bonds. The Kier molecular flexibility index (Phi) is 7.80. The summed E-state index contributed by atoms with van der Waals surface area (Å²) in [4.78, 5) is 17.3. The second-order valence-electron chi connectivity index (χ2n) is 9.12. The normalized spacial score (nSPS) is 18.5. The molecule has 0 aromatic heterocycles. The summed E-state index contributed by atoms with van der Waals surface area (Å²) in [5.74, 6) is -0.0757. The number of nitrogens with zero attached hydrogens (tertiary/aromatic N) is 3. The largest absolute Gasteiger partial charge is 0.348 e. The van der Waals surface area contributed by atoms with Crippen LogP contribution in [0.3, 0.4) is 0 Å². The van der Waals surface area contributed by atoms with Crippen molar-refractivity contribution in [2.75, 3.05) is 45.5 Å². The van der Waals surface area contributed by atoms with Crippen molar-refractivity contribution >= 4 is 15.9 Å². The Bertz CT molecular complexity index is 1040. The molecule has 2 saturated heterocycles. The maximum Gasteiger partial charge on any atom is 0.251 e. The summed E-state index contributed by atoms with van der Waals surface area (Å²) in [5.41, 5.74) is 4.18. The van der Waals surface area contributed by atoms with Crippen molar-refractivity contribution in [2.24, 2.45) is 0 Å². The van der Waals surface area contributed by atoms with Crippen LogP contribution >= 0.6 is 0 Å². The van der Waals surface area contributed by atoms with Crippen molar-refractivity contribution in [3.63, 3.8) is 0 Å². The second-order valence-corrected chi connectivity index (χ2v) is 11.1. The minimum absolute atomic E-state index is 0.0757. The zero-order valence-electron chi connectivity index (χ0n) is 19.4. The van der Waals surface area contributed by atoms with Gasteiger partial charge in [0.15, 0.2) is 0 Å². The predicted octanol–water partition coefficient (Wildman–Crippen LogP) is 2.29.